The first-order valence-electron chi connectivity index (χ1n) is 10.0. The molecule has 0 saturated carbocycles. The van der Waals surface area contributed by atoms with E-state index >= 15 is 0 Å². The fourth-order valence-corrected chi connectivity index (χ4v) is 3.47. The predicted octanol–water partition coefficient (Wildman–Crippen LogP) is 2.67. The van der Waals surface area contributed by atoms with E-state index < -0.39 is 0 Å². The predicted molar refractivity (Wildman–Crippen MR) is 107 cm³/mol. The largest absolute Gasteiger partial charge is 0.383 e. The molecule has 1 fully saturated rings. The lowest BCUT2D eigenvalue weighted by molar-refractivity contribution is 0.0932. The molecule has 1 aliphatic heterocycles. The second-order valence-corrected chi connectivity index (χ2v) is 7.83. The molecule has 2 heterocycles. The molecule has 1 aromatic heterocycles. The number of piperidine rings is 1. The van der Waals surface area contributed by atoms with E-state index in [9.17, 15) is 4.79 Å². The zero-order valence-electron chi connectivity index (χ0n) is 17.3. The number of carbonyl (C=O) groups is 1. The summed E-state index contributed by atoms with van der Waals surface area (Å²) >= 11 is 0. The minimum Gasteiger partial charge on any atom is -0.383 e. The van der Waals surface area contributed by atoms with Crippen LogP contribution in [0.3, 0.4) is 0 Å². The van der Waals surface area contributed by atoms with Crippen molar-refractivity contribution >= 4 is 5.91 Å². The Morgan fingerprint density at radius 1 is 1.41 bits per heavy atom. The van der Waals surface area contributed by atoms with Crippen LogP contribution in [0.1, 0.15) is 63.0 Å². The lowest BCUT2D eigenvalue weighted by Crippen LogP contribution is -2.37. The molecule has 1 amide bonds. The Hall–Kier alpha value is -1.73. The van der Waals surface area contributed by atoms with Crippen LogP contribution < -0.4 is 5.32 Å². The Kier molecular flexibility index (Phi) is 8.94. The number of hydrogen-bond acceptors (Lipinski definition) is 5. The number of nitrogens with zero attached hydrogens (tertiary/aromatic N) is 4. The van der Waals surface area contributed by atoms with Crippen LogP contribution in [-0.4, -0.2) is 65.7 Å². The Balaban J connectivity index is 1.74. The first-order chi connectivity index (χ1) is 13.0. The third-order valence-corrected chi connectivity index (χ3v) is 5.05. The van der Waals surface area contributed by atoms with Crippen molar-refractivity contribution in [2.75, 3.05) is 39.9 Å². The number of amides is 1. The van der Waals surface area contributed by atoms with E-state index in [0.29, 0.717) is 30.8 Å². The molecule has 0 aliphatic carbocycles. The third-order valence-electron chi connectivity index (χ3n) is 5.05. The van der Waals surface area contributed by atoms with Crippen molar-refractivity contribution in [3.8, 4) is 0 Å². The fraction of sp³-hybridized carbons (Fsp3) is 0.750. The Labute approximate surface area is 163 Å². The topological polar surface area (TPSA) is 72.3 Å². The second-order valence-electron chi connectivity index (χ2n) is 7.83. The van der Waals surface area contributed by atoms with Crippen LogP contribution in [0.25, 0.3) is 0 Å². The second kappa shape index (κ2) is 11.2. The summed E-state index contributed by atoms with van der Waals surface area (Å²) in [4.78, 5) is 14.6. The van der Waals surface area contributed by atoms with Crippen LogP contribution in [-0.2, 0) is 4.74 Å². The quantitative estimate of drug-likeness (QED) is 0.501. The smallest absolute Gasteiger partial charge is 0.273 e. The van der Waals surface area contributed by atoms with Crippen LogP contribution in [0, 0.1) is 5.92 Å². The van der Waals surface area contributed by atoms with Gasteiger partial charge >= 0.3 is 0 Å². The summed E-state index contributed by atoms with van der Waals surface area (Å²) in [6.45, 7) is 10.9. The van der Waals surface area contributed by atoms with Gasteiger partial charge < -0.3 is 15.0 Å². The van der Waals surface area contributed by atoms with E-state index in [-0.39, 0.29) is 5.91 Å². The van der Waals surface area contributed by atoms with Gasteiger partial charge in [-0.15, -0.1) is 5.10 Å². The Morgan fingerprint density at radius 2 is 2.15 bits per heavy atom. The summed E-state index contributed by atoms with van der Waals surface area (Å²) in [5.74, 6) is 0.520. The highest BCUT2D eigenvalue weighted by atomic mass is 16.5. The van der Waals surface area contributed by atoms with Gasteiger partial charge in [0.05, 0.1) is 18.8 Å². The minimum atomic E-state index is -0.194. The highest BCUT2D eigenvalue weighted by molar-refractivity contribution is 5.91. The zero-order valence-corrected chi connectivity index (χ0v) is 17.3. The Bertz CT molecular complexity index is 601. The standard InChI is InChI=1S/C20H35N5O2/c1-16(2)6-5-7-17(3)14-24-11-8-18(9-12-24)25-15-19(22-23-25)20(26)21-10-13-27-4/h6,15,17-18H,5,7-14H2,1-4H3,(H,21,26). The normalized spacial score (nSPS) is 16.9. The Morgan fingerprint density at radius 3 is 2.81 bits per heavy atom. The van der Waals surface area contributed by atoms with Gasteiger partial charge in [-0.25, -0.2) is 4.68 Å². The number of methoxy groups -OCH3 is 1. The highest BCUT2D eigenvalue weighted by Crippen LogP contribution is 2.23. The number of hydrogen-bond donors (Lipinski definition) is 1. The lowest BCUT2D eigenvalue weighted by Gasteiger charge is -2.33. The van der Waals surface area contributed by atoms with Crippen LogP contribution >= 0.6 is 0 Å². The van der Waals surface area contributed by atoms with Gasteiger partial charge in [-0.3, -0.25) is 4.79 Å². The molecule has 7 heteroatoms. The molecule has 1 unspecified atom stereocenters. The van der Waals surface area contributed by atoms with E-state index in [1.54, 1.807) is 13.3 Å². The molecule has 1 aliphatic rings. The SMILES string of the molecule is COCCNC(=O)c1cn(C2CCN(CC(C)CCC=C(C)C)CC2)nn1. The molecule has 2 rings (SSSR count). The van der Waals surface area contributed by atoms with Crippen molar-refractivity contribution in [2.24, 2.45) is 5.92 Å². The molecule has 1 N–H and O–H groups in total. The monoisotopic (exact) mass is 377 g/mol. The van der Waals surface area contributed by atoms with Crippen molar-refractivity contribution in [1.29, 1.82) is 0 Å². The number of allylic oxidation sites excluding steroid dienone is 2. The summed E-state index contributed by atoms with van der Waals surface area (Å²) in [6, 6.07) is 0.329. The van der Waals surface area contributed by atoms with E-state index in [1.807, 2.05) is 4.68 Å². The zero-order chi connectivity index (χ0) is 19.6. The van der Waals surface area contributed by atoms with Gasteiger partial charge in [0, 0.05) is 33.3 Å². The van der Waals surface area contributed by atoms with Gasteiger partial charge in [0.1, 0.15) is 0 Å². The summed E-state index contributed by atoms with van der Waals surface area (Å²) in [7, 11) is 1.61. The van der Waals surface area contributed by atoms with Crippen molar-refractivity contribution in [1.82, 2.24) is 25.2 Å². The molecule has 1 saturated heterocycles. The highest BCUT2D eigenvalue weighted by Gasteiger charge is 2.23. The molecule has 7 nitrogen and oxygen atoms in total. The maximum Gasteiger partial charge on any atom is 0.273 e. The number of ether oxygens (including phenoxy) is 1. The van der Waals surface area contributed by atoms with Crippen molar-refractivity contribution in [2.45, 2.75) is 52.5 Å². The molecule has 152 valence electrons. The van der Waals surface area contributed by atoms with Crippen LogP contribution in [0.15, 0.2) is 17.8 Å². The van der Waals surface area contributed by atoms with E-state index in [1.165, 1.54) is 18.4 Å². The summed E-state index contributed by atoms with van der Waals surface area (Å²) in [5.41, 5.74) is 1.78. The van der Waals surface area contributed by atoms with Gasteiger partial charge in [0.25, 0.3) is 5.91 Å². The third kappa shape index (κ3) is 7.42. The fourth-order valence-electron chi connectivity index (χ4n) is 3.47. The molecule has 0 bridgehead atoms. The summed E-state index contributed by atoms with van der Waals surface area (Å²) < 4.78 is 6.80. The number of rotatable bonds is 10. The molecule has 1 aromatic rings. The number of carbonyl (C=O) groups excluding carboxylic acids is 1. The van der Waals surface area contributed by atoms with Crippen molar-refractivity contribution < 1.29 is 9.53 Å². The molecule has 1 atom stereocenters. The lowest BCUT2D eigenvalue weighted by atomic mass is 10.0. The molecule has 27 heavy (non-hydrogen) atoms. The average molecular weight is 378 g/mol. The van der Waals surface area contributed by atoms with E-state index in [0.717, 1.165) is 32.5 Å². The first-order valence-corrected chi connectivity index (χ1v) is 10.0. The van der Waals surface area contributed by atoms with E-state index in [4.69, 9.17) is 4.74 Å². The average Bonchev–Trinajstić information content (AvgIpc) is 3.12. The minimum absolute atomic E-state index is 0.194. The maximum atomic E-state index is 12.0. The van der Waals surface area contributed by atoms with Crippen LogP contribution in [0.5, 0.6) is 0 Å². The molecular weight excluding hydrogens is 342 g/mol. The van der Waals surface area contributed by atoms with Gasteiger partial charge in [0.2, 0.25) is 0 Å². The van der Waals surface area contributed by atoms with E-state index in [2.05, 4.69) is 47.4 Å². The summed E-state index contributed by atoms with van der Waals surface area (Å²) in [5, 5.41) is 11.0. The first kappa shape index (κ1) is 21.6. The molecule has 0 radical (unpaired) electrons. The van der Waals surface area contributed by atoms with Crippen molar-refractivity contribution in [3.05, 3.63) is 23.5 Å². The van der Waals surface area contributed by atoms with Gasteiger partial charge in [0.15, 0.2) is 5.69 Å². The molecular formula is C20H35N5O2. The molecule has 0 spiro atoms. The molecule has 0 aromatic carbocycles. The maximum absolute atomic E-state index is 12.0. The number of nitrogens with one attached hydrogen (secondary N) is 1. The van der Waals surface area contributed by atoms with Gasteiger partial charge in [-0.05, 0) is 45.4 Å². The van der Waals surface area contributed by atoms with Gasteiger partial charge in [-0.2, -0.15) is 0 Å². The van der Waals surface area contributed by atoms with Crippen LogP contribution in [0.4, 0.5) is 0 Å². The summed E-state index contributed by atoms with van der Waals surface area (Å²) in [6.07, 6.45) is 8.62. The van der Waals surface area contributed by atoms with Crippen molar-refractivity contribution in [3.63, 3.8) is 0 Å². The van der Waals surface area contributed by atoms with Crippen LogP contribution in [0.2, 0.25) is 0 Å². The number of likely N-dealkylation sites (tertiary alicyclic amines) is 1. The number of aromatic nitrogens is 3. The van der Waals surface area contributed by atoms with Gasteiger partial charge in [-0.1, -0.05) is 23.8 Å².